The molecule has 112 valence electrons. The van der Waals surface area contributed by atoms with Gasteiger partial charge in [0, 0.05) is 12.6 Å². The summed E-state index contributed by atoms with van der Waals surface area (Å²) < 4.78 is 10.9. The number of ether oxygens (including phenoxy) is 1. The molecular weight excluding hydrogens is 264 g/mol. The number of aromatic nitrogens is 1. The average molecular weight is 286 g/mol. The normalized spacial score (nSPS) is 19.0. The summed E-state index contributed by atoms with van der Waals surface area (Å²) in [5, 5.41) is 4.02. The van der Waals surface area contributed by atoms with E-state index in [0.29, 0.717) is 12.6 Å². The first-order valence-corrected chi connectivity index (χ1v) is 7.65. The summed E-state index contributed by atoms with van der Waals surface area (Å²) in [6.45, 7) is 6.73. The van der Waals surface area contributed by atoms with E-state index in [4.69, 9.17) is 9.26 Å². The Balaban J connectivity index is 1.68. The first-order chi connectivity index (χ1) is 10.3. The molecule has 1 atom stereocenters. The SMILES string of the molecule is CCOc1ccc(CN2CCC[C@H]2c2cc(C)no2)cc1. The lowest BCUT2D eigenvalue weighted by Crippen LogP contribution is -2.22. The molecule has 1 fully saturated rings. The van der Waals surface area contributed by atoms with Gasteiger partial charge in [0.1, 0.15) is 5.75 Å². The number of nitrogens with zero attached hydrogens (tertiary/aromatic N) is 2. The van der Waals surface area contributed by atoms with Crippen LogP contribution >= 0.6 is 0 Å². The number of likely N-dealkylation sites (tertiary alicyclic amines) is 1. The lowest BCUT2D eigenvalue weighted by molar-refractivity contribution is 0.206. The van der Waals surface area contributed by atoms with Gasteiger partial charge in [0.2, 0.25) is 0 Å². The molecule has 1 aromatic carbocycles. The van der Waals surface area contributed by atoms with Crippen molar-refractivity contribution in [2.45, 2.75) is 39.3 Å². The van der Waals surface area contributed by atoms with E-state index >= 15 is 0 Å². The van der Waals surface area contributed by atoms with Crippen molar-refractivity contribution in [3.63, 3.8) is 0 Å². The Kier molecular flexibility index (Phi) is 4.25. The second-order valence-corrected chi connectivity index (χ2v) is 5.58. The Labute approximate surface area is 125 Å². The van der Waals surface area contributed by atoms with Crippen LogP contribution in [0.2, 0.25) is 0 Å². The summed E-state index contributed by atoms with van der Waals surface area (Å²) in [4.78, 5) is 2.47. The minimum atomic E-state index is 0.359. The van der Waals surface area contributed by atoms with E-state index in [1.807, 2.05) is 26.0 Å². The topological polar surface area (TPSA) is 38.5 Å². The molecule has 0 radical (unpaired) electrons. The second-order valence-electron chi connectivity index (χ2n) is 5.58. The quantitative estimate of drug-likeness (QED) is 0.839. The van der Waals surface area contributed by atoms with Crippen molar-refractivity contribution in [2.24, 2.45) is 0 Å². The predicted molar refractivity (Wildman–Crippen MR) is 81.2 cm³/mol. The van der Waals surface area contributed by atoms with Gasteiger partial charge < -0.3 is 9.26 Å². The molecule has 0 bridgehead atoms. The van der Waals surface area contributed by atoms with Gasteiger partial charge in [-0.05, 0) is 50.9 Å². The number of benzene rings is 1. The molecule has 0 spiro atoms. The fraction of sp³-hybridized carbons (Fsp3) is 0.471. The van der Waals surface area contributed by atoms with Gasteiger partial charge in [-0.1, -0.05) is 17.3 Å². The molecule has 21 heavy (non-hydrogen) atoms. The molecule has 1 saturated heterocycles. The Morgan fingerprint density at radius 1 is 1.33 bits per heavy atom. The molecule has 1 aliphatic rings. The summed E-state index contributed by atoms with van der Waals surface area (Å²) in [5.74, 6) is 1.93. The van der Waals surface area contributed by atoms with Crippen molar-refractivity contribution in [2.75, 3.05) is 13.2 Å². The molecule has 0 unspecified atom stereocenters. The van der Waals surface area contributed by atoms with E-state index in [1.165, 1.54) is 12.0 Å². The van der Waals surface area contributed by atoms with Crippen molar-refractivity contribution in [1.82, 2.24) is 10.1 Å². The van der Waals surface area contributed by atoms with Gasteiger partial charge in [-0.15, -0.1) is 0 Å². The first kappa shape index (κ1) is 14.1. The van der Waals surface area contributed by atoms with Gasteiger partial charge in [0.25, 0.3) is 0 Å². The minimum absolute atomic E-state index is 0.359. The second kappa shape index (κ2) is 6.31. The maximum Gasteiger partial charge on any atom is 0.154 e. The van der Waals surface area contributed by atoms with E-state index in [0.717, 1.165) is 36.7 Å². The van der Waals surface area contributed by atoms with Gasteiger partial charge in [0.05, 0.1) is 18.3 Å². The highest BCUT2D eigenvalue weighted by Gasteiger charge is 2.28. The Bertz CT molecular complexity index is 577. The molecule has 0 saturated carbocycles. The van der Waals surface area contributed by atoms with Crippen LogP contribution in [0.25, 0.3) is 0 Å². The molecular formula is C17H22N2O2. The summed E-state index contributed by atoms with van der Waals surface area (Å²) in [5.41, 5.74) is 2.26. The number of rotatable bonds is 5. The maximum atomic E-state index is 5.49. The molecule has 0 amide bonds. The van der Waals surface area contributed by atoms with Crippen LogP contribution < -0.4 is 4.74 Å². The zero-order valence-electron chi connectivity index (χ0n) is 12.7. The Morgan fingerprint density at radius 3 is 2.81 bits per heavy atom. The van der Waals surface area contributed by atoms with Crippen LogP contribution in [0, 0.1) is 6.92 Å². The molecule has 0 N–H and O–H groups in total. The smallest absolute Gasteiger partial charge is 0.154 e. The van der Waals surface area contributed by atoms with Crippen molar-refractivity contribution >= 4 is 0 Å². The molecule has 1 aliphatic heterocycles. The highest BCUT2D eigenvalue weighted by molar-refractivity contribution is 5.27. The molecule has 4 nitrogen and oxygen atoms in total. The fourth-order valence-electron chi connectivity index (χ4n) is 2.97. The number of hydrogen-bond donors (Lipinski definition) is 0. The first-order valence-electron chi connectivity index (χ1n) is 7.65. The summed E-state index contributed by atoms with van der Waals surface area (Å²) in [7, 11) is 0. The molecule has 2 heterocycles. The minimum Gasteiger partial charge on any atom is -0.494 e. The van der Waals surface area contributed by atoms with Crippen molar-refractivity contribution in [3.05, 3.63) is 47.3 Å². The monoisotopic (exact) mass is 286 g/mol. The highest BCUT2D eigenvalue weighted by atomic mass is 16.5. The largest absolute Gasteiger partial charge is 0.494 e. The van der Waals surface area contributed by atoms with Gasteiger partial charge in [-0.2, -0.15) is 0 Å². The predicted octanol–water partition coefficient (Wildman–Crippen LogP) is 3.72. The average Bonchev–Trinajstić information content (AvgIpc) is 3.10. The third-order valence-corrected chi connectivity index (χ3v) is 3.96. The summed E-state index contributed by atoms with van der Waals surface area (Å²) in [6, 6.07) is 10.8. The summed E-state index contributed by atoms with van der Waals surface area (Å²) in [6.07, 6.45) is 2.35. The molecule has 0 aliphatic carbocycles. The van der Waals surface area contributed by atoms with Crippen LogP contribution in [0.3, 0.4) is 0 Å². The van der Waals surface area contributed by atoms with E-state index in [1.54, 1.807) is 0 Å². The highest BCUT2D eigenvalue weighted by Crippen LogP contribution is 2.33. The van der Waals surface area contributed by atoms with Crippen LogP contribution in [-0.2, 0) is 6.54 Å². The zero-order chi connectivity index (χ0) is 14.7. The molecule has 4 heteroatoms. The lowest BCUT2D eigenvalue weighted by atomic mass is 10.1. The van der Waals surface area contributed by atoms with Crippen LogP contribution in [0.1, 0.15) is 42.8 Å². The standard InChI is InChI=1S/C17H22N2O2/c1-3-20-15-8-6-14(7-9-15)12-19-10-4-5-16(19)17-11-13(2)18-21-17/h6-9,11,16H,3-5,10,12H2,1-2H3/t16-/m0/s1. The van der Waals surface area contributed by atoms with E-state index in [2.05, 4.69) is 28.3 Å². The van der Waals surface area contributed by atoms with Gasteiger partial charge >= 0.3 is 0 Å². The van der Waals surface area contributed by atoms with E-state index in [9.17, 15) is 0 Å². The van der Waals surface area contributed by atoms with Crippen LogP contribution in [0.15, 0.2) is 34.9 Å². The van der Waals surface area contributed by atoms with Crippen molar-refractivity contribution in [1.29, 1.82) is 0 Å². The van der Waals surface area contributed by atoms with Crippen LogP contribution in [-0.4, -0.2) is 23.2 Å². The van der Waals surface area contributed by atoms with Gasteiger partial charge in [0.15, 0.2) is 5.76 Å². The Morgan fingerprint density at radius 2 is 2.14 bits per heavy atom. The Hall–Kier alpha value is -1.81. The zero-order valence-corrected chi connectivity index (χ0v) is 12.7. The van der Waals surface area contributed by atoms with Crippen molar-refractivity contribution < 1.29 is 9.26 Å². The fourth-order valence-corrected chi connectivity index (χ4v) is 2.97. The van der Waals surface area contributed by atoms with Crippen LogP contribution in [0.5, 0.6) is 5.75 Å². The van der Waals surface area contributed by atoms with Crippen LogP contribution in [0.4, 0.5) is 0 Å². The van der Waals surface area contributed by atoms with E-state index in [-0.39, 0.29) is 0 Å². The van der Waals surface area contributed by atoms with E-state index < -0.39 is 0 Å². The lowest BCUT2D eigenvalue weighted by Gasteiger charge is -2.22. The maximum absolute atomic E-state index is 5.49. The molecule has 2 aromatic rings. The molecule has 1 aromatic heterocycles. The number of hydrogen-bond acceptors (Lipinski definition) is 4. The number of aryl methyl sites for hydroxylation is 1. The third kappa shape index (κ3) is 3.27. The van der Waals surface area contributed by atoms with Gasteiger partial charge in [-0.25, -0.2) is 0 Å². The van der Waals surface area contributed by atoms with Crippen molar-refractivity contribution in [3.8, 4) is 5.75 Å². The third-order valence-electron chi connectivity index (χ3n) is 3.96. The van der Waals surface area contributed by atoms with Gasteiger partial charge in [-0.3, -0.25) is 4.90 Å². The summed E-state index contributed by atoms with van der Waals surface area (Å²) >= 11 is 0. The molecule has 3 rings (SSSR count).